The number of carbonyl (C=O) groups is 1. The van der Waals surface area contributed by atoms with Gasteiger partial charge in [-0.1, -0.05) is 19.1 Å². The van der Waals surface area contributed by atoms with E-state index in [2.05, 4.69) is 34.3 Å². The normalized spacial score (nSPS) is 22.3. The highest BCUT2D eigenvalue weighted by atomic mass is 16.1. The second kappa shape index (κ2) is 6.55. The van der Waals surface area contributed by atoms with Crippen LogP contribution in [0.1, 0.15) is 54.5 Å². The second-order valence-corrected chi connectivity index (χ2v) is 8.61. The molecular weight excluding hydrogens is 350 g/mol. The summed E-state index contributed by atoms with van der Waals surface area (Å²) in [6, 6.07) is 6.43. The lowest BCUT2D eigenvalue weighted by Gasteiger charge is -2.35. The number of amides is 1. The molecule has 2 aliphatic heterocycles. The summed E-state index contributed by atoms with van der Waals surface area (Å²) < 4.78 is 0. The van der Waals surface area contributed by atoms with Crippen LogP contribution in [0.2, 0.25) is 0 Å². The molecule has 0 bridgehead atoms. The quantitative estimate of drug-likeness (QED) is 0.858. The van der Waals surface area contributed by atoms with Crippen molar-refractivity contribution in [2.75, 3.05) is 24.5 Å². The first-order valence-electron chi connectivity index (χ1n) is 10.3. The molecule has 1 unspecified atom stereocenters. The van der Waals surface area contributed by atoms with Crippen LogP contribution in [0.4, 0.5) is 11.5 Å². The number of fused-ring (bicyclic) bond motifs is 3. The first kappa shape index (κ1) is 17.6. The van der Waals surface area contributed by atoms with Crippen molar-refractivity contribution in [1.82, 2.24) is 15.3 Å². The molecule has 146 valence electrons. The molecule has 1 amide bonds. The van der Waals surface area contributed by atoms with E-state index in [1.165, 1.54) is 22.5 Å². The van der Waals surface area contributed by atoms with Crippen LogP contribution in [-0.2, 0) is 23.1 Å². The highest BCUT2D eigenvalue weighted by molar-refractivity contribution is 5.78. The number of nitrogens with two attached hydrogens (primary N) is 1. The van der Waals surface area contributed by atoms with Gasteiger partial charge in [0.05, 0.1) is 6.42 Å². The Bertz CT molecular complexity index is 935. The molecular formula is C22H27N5O. The third kappa shape index (κ3) is 2.70. The zero-order valence-corrected chi connectivity index (χ0v) is 16.4. The molecule has 0 radical (unpaired) electrons. The summed E-state index contributed by atoms with van der Waals surface area (Å²) in [5, 5.41) is 3.50. The lowest BCUT2D eigenvalue weighted by atomic mass is 9.74. The molecule has 1 aromatic carbocycles. The van der Waals surface area contributed by atoms with Gasteiger partial charge in [-0.05, 0) is 61.9 Å². The lowest BCUT2D eigenvalue weighted by molar-refractivity contribution is -0.117. The molecule has 0 saturated carbocycles. The monoisotopic (exact) mass is 377 g/mol. The van der Waals surface area contributed by atoms with Gasteiger partial charge in [-0.25, -0.2) is 9.97 Å². The Kier molecular flexibility index (Phi) is 4.12. The Balaban J connectivity index is 1.63. The summed E-state index contributed by atoms with van der Waals surface area (Å²) >= 11 is 0. The molecule has 28 heavy (non-hydrogen) atoms. The fourth-order valence-electron chi connectivity index (χ4n) is 5.39. The smallest absolute Gasteiger partial charge is 0.221 e. The highest BCUT2D eigenvalue weighted by Crippen LogP contribution is 2.51. The topological polar surface area (TPSA) is 84.1 Å². The first-order chi connectivity index (χ1) is 13.6. The van der Waals surface area contributed by atoms with Gasteiger partial charge in [-0.3, -0.25) is 4.79 Å². The number of piperidine rings is 1. The summed E-state index contributed by atoms with van der Waals surface area (Å²) in [6.07, 6.45) is 6.40. The second-order valence-electron chi connectivity index (χ2n) is 8.61. The number of primary amides is 1. The first-order valence-corrected chi connectivity index (χ1v) is 10.3. The predicted octanol–water partition coefficient (Wildman–Crippen LogP) is 2.33. The lowest BCUT2D eigenvalue weighted by Crippen LogP contribution is -2.42. The minimum absolute atomic E-state index is 0.105. The van der Waals surface area contributed by atoms with Crippen molar-refractivity contribution < 1.29 is 4.79 Å². The fraction of sp³-hybridized carbons (Fsp3) is 0.500. The summed E-state index contributed by atoms with van der Waals surface area (Å²) in [4.78, 5) is 23.2. The van der Waals surface area contributed by atoms with Crippen LogP contribution in [0.15, 0.2) is 24.5 Å². The maximum atomic E-state index is 11.5. The number of hydrogen-bond acceptors (Lipinski definition) is 5. The maximum Gasteiger partial charge on any atom is 0.221 e. The average molecular weight is 377 g/mol. The number of aromatic nitrogens is 2. The van der Waals surface area contributed by atoms with Gasteiger partial charge in [0.25, 0.3) is 0 Å². The molecule has 1 aromatic heterocycles. The highest BCUT2D eigenvalue weighted by Gasteiger charge is 2.45. The number of anilines is 2. The molecule has 3 N–H and O–H groups in total. The van der Waals surface area contributed by atoms with Crippen LogP contribution in [-0.4, -0.2) is 35.5 Å². The number of nitrogens with zero attached hydrogens (tertiary/aromatic N) is 3. The van der Waals surface area contributed by atoms with E-state index in [4.69, 9.17) is 10.7 Å². The van der Waals surface area contributed by atoms with Gasteiger partial charge in [0.2, 0.25) is 5.91 Å². The van der Waals surface area contributed by atoms with Crippen LogP contribution in [0.3, 0.4) is 0 Å². The predicted molar refractivity (Wildman–Crippen MR) is 109 cm³/mol. The Morgan fingerprint density at radius 2 is 2.14 bits per heavy atom. The minimum atomic E-state index is -0.281. The molecule has 5 rings (SSSR count). The van der Waals surface area contributed by atoms with Crippen molar-refractivity contribution in [3.63, 3.8) is 0 Å². The van der Waals surface area contributed by atoms with Crippen molar-refractivity contribution >= 4 is 17.4 Å². The van der Waals surface area contributed by atoms with Crippen LogP contribution in [0, 0.1) is 0 Å². The zero-order valence-electron chi connectivity index (χ0n) is 16.4. The van der Waals surface area contributed by atoms with Crippen molar-refractivity contribution in [3.05, 3.63) is 46.9 Å². The molecule has 1 aliphatic carbocycles. The number of nitrogens with one attached hydrogen (secondary N) is 1. The number of carbonyl (C=O) groups excluding carboxylic acids is 1. The average Bonchev–Trinajstić information content (AvgIpc) is 3.21. The molecule has 2 aromatic rings. The fourth-order valence-corrected chi connectivity index (χ4v) is 5.39. The van der Waals surface area contributed by atoms with Gasteiger partial charge in [-0.2, -0.15) is 0 Å². The van der Waals surface area contributed by atoms with E-state index in [0.29, 0.717) is 12.3 Å². The van der Waals surface area contributed by atoms with Gasteiger partial charge in [0.15, 0.2) is 0 Å². The molecule has 1 spiro atoms. The van der Waals surface area contributed by atoms with Gasteiger partial charge in [0.1, 0.15) is 12.1 Å². The third-order valence-corrected chi connectivity index (χ3v) is 6.83. The van der Waals surface area contributed by atoms with Gasteiger partial charge in [0, 0.05) is 28.9 Å². The van der Waals surface area contributed by atoms with E-state index in [1.807, 2.05) is 6.07 Å². The van der Waals surface area contributed by atoms with E-state index in [1.54, 1.807) is 6.33 Å². The molecule has 1 atom stereocenters. The van der Waals surface area contributed by atoms with E-state index in [-0.39, 0.29) is 11.3 Å². The summed E-state index contributed by atoms with van der Waals surface area (Å²) in [6.45, 7) is 5.27. The summed E-state index contributed by atoms with van der Waals surface area (Å²) in [5.74, 6) is 1.29. The van der Waals surface area contributed by atoms with Crippen molar-refractivity contribution in [1.29, 1.82) is 0 Å². The Labute approximate surface area is 165 Å². The van der Waals surface area contributed by atoms with E-state index >= 15 is 0 Å². The molecule has 6 heteroatoms. The van der Waals surface area contributed by atoms with E-state index in [0.717, 1.165) is 56.7 Å². The van der Waals surface area contributed by atoms with E-state index < -0.39 is 0 Å². The number of benzene rings is 1. The van der Waals surface area contributed by atoms with Gasteiger partial charge in [-0.15, -0.1) is 0 Å². The number of aryl methyl sites for hydroxylation is 1. The summed E-state index contributed by atoms with van der Waals surface area (Å²) in [5.41, 5.74) is 11.7. The Hall–Kier alpha value is -2.47. The van der Waals surface area contributed by atoms with Crippen molar-refractivity contribution in [2.24, 2.45) is 5.73 Å². The molecule has 1 saturated heterocycles. The van der Waals surface area contributed by atoms with Gasteiger partial charge < -0.3 is 16.0 Å². The van der Waals surface area contributed by atoms with Crippen LogP contribution in [0.5, 0.6) is 0 Å². The maximum absolute atomic E-state index is 11.5. The molecule has 1 fully saturated rings. The molecule has 6 nitrogen and oxygen atoms in total. The van der Waals surface area contributed by atoms with Crippen LogP contribution in [0.25, 0.3) is 0 Å². The third-order valence-electron chi connectivity index (χ3n) is 6.83. The summed E-state index contributed by atoms with van der Waals surface area (Å²) in [7, 11) is 0. The number of hydrogen-bond donors (Lipinski definition) is 2. The molecule has 3 aliphatic rings. The van der Waals surface area contributed by atoms with Gasteiger partial charge >= 0.3 is 0 Å². The Morgan fingerprint density at radius 1 is 1.32 bits per heavy atom. The SMILES string of the molecule is CC1CCc2ncnc(N3CC4(CCNCC4)c4cc(CC(N)=O)ccc43)c21. The zero-order chi connectivity index (χ0) is 19.3. The minimum Gasteiger partial charge on any atom is -0.369 e. The van der Waals surface area contributed by atoms with Crippen molar-refractivity contribution in [2.45, 2.75) is 50.4 Å². The largest absolute Gasteiger partial charge is 0.369 e. The van der Waals surface area contributed by atoms with Crippen LogP contribution < -0.4 is 16.0 Å². The standard InChI is InChI=1S/C22H27N5O/c1-14-2-4-17-20(14)21(26-13-25-17)27-12-22(6-8-24-9-7-22)16-10-15(11-19(23)28)3-5-18(16)27/h3,5,10,13-14,24H,2,4,6-9,11-12H2,1H3,(H2,23,28). The number of rotatable bonds is 3. The van der Waals surface area contributed by atoms with Crippen LogP contribution >= 0.6 is 0 Å². The molecule has 3 heterocycles. The Morgan fingerprint density at radius 3 is 2.93 bits per heavy atom. The van der Waals surface area contributed by atoms with E-state index in [9.17, 15) is 4.79 Å². The van der Waals surface area contributed by atoms with Crippen molar-refractivity contribution in [3.8, 4) is 0 Å².